The summed E-state index contributed by atoms with van der Waals surface area (Å²) in [7, 11) is 0. The van der Waals surface area contributed by atoms with Gasteiger partial charge in [0.2, 0.25) is 11.7 Å². The van der Waals surface area contributed by atoms with Crippen molar-refractivity contribution in [3.05, 3.63) is 35.6 Å². The van der Waals surface area contributed by atoms with Gasteiger partial charge in [0.05, 0.1) is 25.3 Å². The van der Waals surface area contributed by atoms with E-state index in [-0.39, 0.29) is 22.8 Å². The molecule has 1 amide bonds. The zero-order chi connectivity index (χ0) is 18.8. The third kappa shape index (κ3) is 3.55. The van der Waals surface area contributed by atoms with Gasteiger partial charge in [0.1, 0.15) is 11.5 Å². The molecule has 10 nitrogen and oxygen atoms in total. The van der Waals surface area contributed by atoms with E-state index in [9.17, 15) is 9.18 Å². The average Bonchev–Trinajstić information content (AvgIpc) is 3.33. The summed E-state index contributed by atoms with van der Waals surface area (Å²) in [5.41, 5.74) is 6.05. The molecule has 3 aromatic rings. The van der Waals surface area contributed by atoms with Crippen LogP contribution in [-0.2, 0) is 11.3 Å². The van der Waals surface area contributed by atoms with Crippen LogP contribution in [-0.4, -0.2) is 62.7 Å². The molecule has 3 heterocycles. The summed E-state index contributed by atoms with van der Waals surface area (Å²) in [5.74, 6) is -0.767. The predicted octanol–water partition coefficient (Wildman–Crippen LogP) is 0.592. The highest BCUT2D eigenvalue weighted by Crippen LogP contribution is 2.27. The summed E-state index contributed by atoms with van der Waals surface area (Å²) in [5, 5.41) is 13.8. The highest BCUT2D eigenvalue weighted by Gasteiger charge is 2.20. The number of benzene rings is 1. The van der Waals surface area contributed by atoms with Crippen LogP contribution in [0.15, 0.2) is 22.7 Å². The Bertz CT molecular complexity index is 965. The molecule has 1 aromatic carbocycles. The van der Waals surface area contributed by atoms with Gasteiger partial charge in [-0.1, -0.05) is 5.16 Å². The molecule has 27 heavy (non-hydrogen) atoms. The number of primary amides is 1. The van der Waals surface area contributed by atoms with Crippen molar-refractivity contribution in [3.63, 3.8) is 0 Å². The molecule has 0 atom stereocenters. The maximum atomic E-state index is 14.3. The number of carbonyl (C=O) groups excluding carboxylic acids is 1. The van der Waals surface area contributed by atoms with Crippen molar-refractivity contribution < 1.29 is 18.4 Å². The molecule has 2 aromatic heterocycles. The number of carbonyl (C=O) groups is 1. The number of aromatic amines is 1. The van der Waals surface area contributed by atoms with E-state index in [2.05, 4.69) is 30.5 Å². The molecular weight excluding hydrogens is 357 g/mol. The van der Waals surface area contributed by atoms with Crippen molar-refractivity contribution in [3.8, 4) is 22.6 Å². The summed E-state index contributed by atoms with van der Waals surface area (Å²) in [6, 6.07) is 4.18. The number of amides is 1. The minimum Gasteiger partial charge on any atom is -0.379 e. The second-order valence-corrected chi connectivity index (χ2v) is 5.98. The van der Waals surface area contributed by atoms with E-state index in [0.29, 0.717) is 31.2 Å². The summed E-state index contributed by atoms with van der Waals surface area (Å²) in [4.78, 5) is 17.8. The lowest BCUT2D eigenvalue weighted by Gasteiger charge is -2.24. The Morgan fingerprint density at radius 3 is 2.89 bits per heavy atom. The fourth-order valence-corrected chi connectivity index (χ4v) is 2.83. The number of rotatable bonds is 5. The molecule has 0 unspecified atom stereocenters. The molecule has 0 aliphatic carbocycles. The number of aromatic nitrogens is 5. The minimum absolute atomic E-state index is 0.0336. The molecule has 140 valence electrons. The van der Waals surface area contributed by atoms with Crippen molar-refractivity contribution in [1.82, 2.24) is 30.5 Å². The van der Waals surface area contributed by atoms with Gasteiger partial charge in [0.25, 0.3) is 5.91 Å². The molecule has 1 aliphatic rings. The second-order valence-electron chi connectivity index (χ2n) is 5.98. The number of nitrogens with one attached hydrogen (secondary N) is 1. The molecule has 0 bridgehead atoms. The van der Waals surface area contributed by atoms with Gasteiger partial charge in [-0.05, 0) is 18.2 Å². The monoisotopic (exact) mass is 373 g/mol. The Morgan fingerprint density at radius 1 is 1.30 bits per heavy atom. The van der Waals surface area contributed by atoms with Crippen LogP contribution in [0.2, 0.25) is 0 Å². The van der Waals surface area contributed by atoms with Crippen LogP contribution in [0, 0.1) is 5.82 Å². The fraction of sp³-hybridized carbons (Fsp3) is 0.312. The molecule has 3 N–H and O–H groups in total. The Kier molecular flexibility index (Phi) is 4.60. The van der Waals surface area contributed by atoms with Gasteiger partial charge in [-0.2, -0.15) is 20.4 Å². The zero-order valence-electron chi connectivity index (χ0n) is 14.2. The Hall–Kier alpha value is -3.18. The smallest absolute Gasteiger partial charge is 0.271 e. The fourth-order valence-electron chi connectivity index (χ4n) is 2.83. The topological polar surface area (TPSA) is 136 Å². The molecule has 1 aliphatic heterocycles. The second kappa shape index (κ2) is 7.21. The van der Waals surface area contributed by atoms with Gasteiger partial charge in [0, 0.05) is 18.7 Å². The molecule has 1 fully saturated rings. The van der Waals surface area contributed by atoms with Gasteiger partial charge in [0.15, 0.2) is 5.69 Å². The lowest BCUT2D eigenvalue weighted by atomic mass is 10.1. The third-order valence-electron chi connectivity index (χ3n) is 4.19. The van der Waals surface area contributed by atoms with Crippen LogP contribution >= 0.6 is 0 Å². The van der Waals surface area contributed by atoms with Crippen molar-refractivity contribution in [1.29, 1.82) is 0 Å². The van der Waals surface area contributed by atoms with Crippen molar-refractivity contribution >= 4 is 5.91 Å². The van der Waals surface area contributed by atoms with Crippen LogP contribution in [0.25, 0.3) is 22.6 Å². The summed E-state index contributed by atoms with van der Waals surface area (Å²) >= 11 is 0. The summed E-state index contributed by atoms with van der Waals surface area (Å²) in [6.07, 6.45) is 0. The van der Waals surface area contributed by atoms with E-state index in [1.165, 1.54) is 18.2 Å². The van der Waals surface area contributed by atoms with Crippen LogP contribution in [0.1, 0.15) is 16.4 Å². The third-order valence-corrected chi connectivity index (χ3v) is 4.19. The highest BCUT2D eigenvalue weighted by molar-refractivity contribution is 5.96. The zero-order valence-corrected chi connectivity index (χ0v) is 14.2. The number of hydrogen-bond donors (Lipinski definition) is 2. The van der Waals surface area contributed by atoms with Crippen LogP contribution in [0.3, 0.4) is 0 Å². The molecule has 0 spiro atoms. The van der Waals surface area contributed by atoms with Crippen molar-refractivity contribution in [2.45, 2.75) is 6.54 Å². The van der Waals surface area contributed by atoms with Gasteiger partial charge in [-0.15, -0.1) is 0 Å². The van der Waals surface area contributed by atoms with Gasteiger partial charge in [-0.3, -0.25) is 9.69 Å². The first-order chi connectivity index (χ1) is 13.1. The lowest BCUT2D eigenvalue weighted by Crippen LogP contribution is -2.35. The number of nitrogens with two attached hydrogens (primary N) is 1. The van der Waals surface area contributed by atoms with E-state index in [4.69, 9.17) is 15.0 Å². The minimum atomic E-state index is -0.739. The van der Waals surface area contributed by atoms with Gasteiger partial charge in [-0.25, -0.2) is 4.39 Å². The van der Waals surface area contributed by atoms with Crippen LogP contribution in [0.5, 0.6) is 0 Å². The number of H-pyrrole nitrogens is 1. The Labute approximate surface area is 152 Å². The number of hydrogen-bond acceptors (Lipinski definition) is 8. The number of ether oxygens (including phenoxy) is 1. The lowest BCUT2D eigenvalue weighted by molar-refractivity contribution is 0.0297. The predicted molar refractivity (Wildman–Crippen MR) is 89.7 cm³/mol. The van der Waals surface area contributed by atoms with Crippen molar-refractivity contribution in [2.24, 2.45) is 5.73 Å². The molecular formula is C16H16FN7O3. The molecule has 0 radical (unpaired) electrons. The van der Waals surface area contributed by atoms with Crippen LogP contribution in [0.4, 0.5) is 4.39 Å². The van der Waals surface area contributed by atoms with E-state index in [0.717, 1.165) is 13.1 Å². The standard InChI is InChI=1S/C16H16FN7O3/c17-11-2-1-9(13-14(15(18)25)21-23-20-13)7-10(11)16-19-12(27-22-16)8-24-3-5-26-6-4-24/h1-2,7H,3-6,8H2,(H2,18,25)(H,20,21,23). The first kappa shape index (κ1) is 17.2. The first-order valence-corrected chi connectivity index (χ1v) is 8.25. The molecule has 11 heteroatoms. The summed E-state index contributed by atoms with van der Waals surface area (Å²) in [6.45, 7) is 3.30. The highest BCUT2D eigenvalue weighted by atomic mass is 19.1. The molecule has 4 rings (SSSR count). The first-order valence-electron chi connectivity index (χ1n) is 8.25. The van der Waals surface area contributed by atoms with Crippen LogP contribution < -0.4 is 5.73 Å². The van der Waals surface area contributed by atoms with Crippen molar-refractivity contribution in [2.75, 3.05) is 26.3 Å². The quantitative estimate of drug-likeness (QED) is 0.663. The average molecular weight is 373 g/mol. The Morgan fingerprint density at radius 2 is 2.11 bits per heavy atom. The van der Waals surface area contributed by atoms with E-state index < -0.39 is 11.7 Å². The molecule has 0 saturated carbocycles. The number of halogens is 1. The van der Waals surface area contributed by atoms with Gasteiger partial charge >= 0.3 is 0 Å². The molecule has 1 saturated heterocycles. The largest absolute Gasteiger partial charge is 0.379 e. The Balaban J connectivity index is 1.62. The maximum Gasteiger partial charge on any atom is 0.271 e. The maximum absolute atomic E-state index is 14.3. The van der Waals surface area contributed by atoms with E-state index >= 15 is 0 Å². The normalized spacial score (nSPS) is 15.1. The summed E-state index contributed by atoms with van der Waals surface area (Å²) < 4.78 is 24.9. The number of morpholine rings is 1. The van der Waals surface area contributed by atoms with E-state index in [1.807, 2.05) is 0 Å². The van der Waals surface area contributed by atoms with E-state index in [1.54, 1.807) is 0 Å². The SMILES string of the molecule is NC(=O)c1n[nH]nc1-c1ccc(F)c(-c2noc(CN3CCOCC3)n2)c1. The van der Waals surface area contributed by atoms with Gasteiger partial charge < -0.3 is 15.0 Å². The number of nitrogens with zero attached hydrogens (tertiary/aromatic N) is 5.